The summed E-state index contributed by atoms with van der Waals surface area (Å²) in [5, 5.41) is 9.56. The van der Waals surface area contributed by atoms with Gasteiger partial charge in [-0.1, -0.05) is 67.6 Å². The van der Waals surface area contributed by atoms with Gasteiger partial charge in [0, 0.05) is 6.54 Å². The molecule has 1 unspecified atom stereocenters. The van der Waals surface area contributed by atoms with Crippen molar-refractivity contribution < 1.29 is 9.90 Å². The lowest BCUT2D eigenvalue weighted by Crippen LogP contribution is -2.33. The van der Waals surface area contributed by atoms with Crippen LogP contribution in [0.3, 0.4) is 0 Å². The Labute approximate surface area is 119 Å². The molecule has 0 aromatic heterocycles. The van der Waals surface area contributed by atoms with Crippen molar-refractivity contribution in [1.82, 2.24) is 4.90 Å². The van der Waals surface area contributed by atoms with Gasteiger partial charge in [0.25, 0.3) is 0 Å². The number of nitrogens with zero attached hydrogens (tertiary/aromatic N) is 1. The molecule has 2 aromatic carbocycles. The summed E-state index contributed by atoms with van der Waals surface area (Å²) in [4.78, 5) is 13.6. The van der Waals surface area contributed by atoms with E-state index in [4.69, 9.17) is 0 Å². The van der Waals surface area contributed by atoms with Crippen molar-refractivity contribution in [3.05, 3.63) is 71.8 Å². The van der Waals surface area contributed by atoms with E-state index in [1.165, 1.54) is 0 Å². The van der Waals surface area contributed by atoms with Gasteiger partial charge in [0.05, 0.1) is 0 Å². The lowest BCUT2D eigenvalue weighted by atomic mass is 10.0. The smallest absolute Gasteiger partial charge is 0.325 e. The van der Waals surface area contributed by atoms with E-state index in [-0.39, 0.29) is 0 Å². The van der Waals surface area contributed by atoms with Crippen LogP contribution in [0.1, 0.15) is 24.1 Å². The van der Waals surface area contributed by atoms with E-state index < -0.39 is 12.0 Å². The van der Waals surface area contributed by atoms with E-state index in [2.05, 4.69) is 0 Å². The molecule has 0 aliphatic heterocycles. The summed E-state index contributed by atoms with van der Waals surface area (Å²) in [5.41, 5.74) is 1.94. The summed E-state index contributed by atoms with van der Waals surface area (Å²) in [6.45, 7) is 3.30. The first-order valence-electron chi connectivity index (χ1n) is 6.78. The standard InChI is InChI=1S/C17H19NO2/c1-2-18(13-14-9-5-3-6-10-14)16(17(19)20)15-11-7-4-8-12-15/h3-12,16H,2,13H2,1H3,(H,19,20). The average Bonchev–Trinajstić information content (AvgIpc) is 2.48. The Bertz CT molecular complexity index is 539. The third-order valence-corrected chi connectivity index (χ3v) is 3.35. The normalized spacial score (nSPS) is 12.3. The molecule has 3 nitrogen and oxygen atoms in total. The van der Waals surface area contributed by atoms with Gasteiger partial charge in [-0.15, -0.1) is 0 Å². The zero-order valence-electron chi connectivity index (χ0n) is 11.6. The van der Waals surface area contributed by atoms with Crippen molar-refractivity contribution in [1.29, 1.82) is 0 Å². The SMILES string of the molecule is CCN(Cc1ccccc1)C(C(=O)O)c1ccccc1. The fourth-order valence-corrected chi connectivity index (χ4v) is 2.35. The van der Waals surface area contributed by atoms with Gasteiger partial charge in [-0.25, -0.2) is 0 Å². The lowest BCUT2D eigenvalue weighted by Gasteiger charge is -2.28. The third kappa shape index (κ3) is 3.45. The van der Waals surface area contributed by atoms with E-state index in [0.717, 1.165) is 11.1 Å². The molecular formula is C17H19NO2. The number of hydrogen-bond acceptors (Lipinski definition) is 2. The highest BCUT2D eigenvalue weighted by atomic mass is 16.4. The minimum Gasteiger partial charge on any atom is -0.480 e. The molecule has 20 heavy (non-hydrogen) atoms. The summed E-state index contributed by atoms with van der Waals surface area (Å²) >= 11 is 0. The molecule has 0 amide bonds. The van der Waals surface area contributed by atoms with Gasteiger partial charge in [-0.05, 0) is 17.7 Å². The van der Waals surface area contributed by atoms with Gasteiger partial charge < -0.3 is 5.11 Å². The highest BCUT2D eigenvalue weighted by Crippen LogP contribution is 2.22. The van der Waals surface area contributed by atoms with E-state index >= 15 is 0 Å². The lowest BCUT2D eigenvalue weighted by molar-refractivity contribution is -0.143. The van der Waals surface area contributed by atoms with Crippen molar-refractivity contribution in [3.63, 3.8) is 0 Å². The summed E-state index contributed by atoms with van der Waals surface area (Å²) in [6, 6.07) is 18.7. The predicted molar refractivity (Wildman–Crippen MR) is 79.3 cm³/mol. The second-order valence-electron chi connectivity index (χ2n) is 4.70. The van der Waals surface area contributed by atoms with Crippen LogP contribution in [-0.4, -0.2) is 22.5 Å². The molecule has 0 aliphatic carbocycles. The van der Waals surface area contributed by atoms with Crippen molar-refractivity contribution in [2.75, 3.05) is 6.54 Å². The maximum Gasteiger partial charge on any atom is 0.325 e. The van der Waals surface area contributed by atoms with Crippen LogP contribution >= 0.6 is 0 Å². The van der Waals surface area contributed by atoms with Crippen molar-refractivity contribution in [2.24, 2.45) is 0 Å². The van der Waals surface area contributed by atoms with Gasteiger partial charge in [0.2, 0.25) is 0 Å². The molecule has 0 heterocycles. The van der Waals surface area contributed by atoms with Gasteiger partial charge in [-0.2, -0.15) is 0 Å². The molecule has 1 atom stereocenters. The summed E-state index contributed by atoms with van der Waals surface area (Å²) < 4.78 is 0. The molecule has 0 saturated carbocycles. The Balaban J connectivity index is 2.25. The van der Waals surface area contributed by atoms with Crippen LogP contribution in [0.5, 0.6) is 0 Å². The molecule has 0 bridgehead atoms. The van der Waals surface area contributed by atoms with Crippen molar-refractivity contribution >= 4 is 5.97 Å². The Morgan fingerprint density at radius 1 is 1.05 bits per heavy atom. The Morgan fingerprint density at radius 3 is 2.10 bits per heavy atom. The van der Waals surface area contributed by atoms with E-state index in [9.17, 15) is 9.90 Å². The quantitative estimate of drug-likeness (QED) is 0.874. The molecular weight excluding hydrogens is 250 g/mol. The number of aliphatic carboxylic acids is 1. The summed E-state index contributed by atoms with van der Waals surface area (Å²) in [6.07, 6.45) is 0. The molecule has 1 N–H and O–H groups in total. The number of benzene rings is 2. The van der Waals surface area contributed by atoms with Gasteiger partial charge in [0.15, 0.2) is 0 Å². The van der Waals surface area contributed by atoms with Crippen LogP contribution in [-0.2, 0) is 11.3 Å². The zero-order chi connectivity index (χ0) is 14.4. The second kappa shape index (κ2) is 6.87. The minimum atomic E-state index is -0.811. The molecule has 104 valence electrons. The molecule has 3 heteroatoms. The first kappa shape index (κ1) is 14.3. The van der Waals surface area contributed by atoms with E-state index in [1.54, 1.807) is 0 Å². The number of carboxylic acid groups (broad SMARTS) is 1. The molecule has 0 saturated heterocycles. The van der Waals surface area contributed by atoms with Gasteiger partial charge in [0.1, 0.15) is 6.04 Å². The fourth-order valence-electron chi connectivity index (χ4n) is 2.35. The highest BCUT2D eigenvalue weighted by molar-refractivity contribution is 5.75. The maximum absolute atomic E-state index is 11.6. The molecule has 0 spiro atoms. The fraction of sp³-hybridized carbons (Fsp3) is 0.235. The number of rotatable bonds is 6. The highest BCUT2D eigenvalue weighted by Gasteiger charge is 2.26. The second-order valence-corrected chi connectivity index (χ2v) is 4.70. The molecule has 0 radical (unpaired) electrons. The molecule has 0 fully saturated rings. The minimum absolute atomic E-state index is 0.610. The van der Waals surface area contributed by atoms with Crippen molar-refractivity contribution in [2.45, 2.75) is 19.5 Å². The van der Waals surface area contributed by atoms with Crippen LogP contribution in [0.15, 0.2) is 60.7 Å². The molecule has 2 aromatic rings. The van der Waals surface area contributed by atoms with Crippen LogP contribution in [0.2, 0.25) is 0 Å². The van der Waals surface area contributed by atoms with Crippen LogP contribution in [0.4, 0.5) is 0 Å². The summed E-state index contributed by atoms with van der Waals surface area (Å²) in [7, 11) is 0. The number of carbonyl (C=O) groups is 1. The van der Waals surface area contributed by atoms with Crippen LogP contribution in [0, 0.1) is 0 Å². The van der Waals surface area contributed by atoms with Gasteiger partial charge in [-0.3, -0.25) is 9.69 Å². The van der Waals surface area contributed by atoms with Crippen LogP contribution < -0.4 is 0 Å². The monoisotopic (exact) mass is 269 g/mol. The van der Waals surface area contributed by atoms with E-state index in [1.807, 2.05) is 72.5 Å². The topological polar surface area (TPSA) is 40.5 Å². The number of hydrogen-bond donors (Lipinski definition) is 1. The van der Waals surface area contributed by atoms with E-state index in [0.29, 0.717) is 13.1 Å². The Morgan fingerprint density at radius 2 is 1.60 bits per heavy atom. The molecule has 0 aliphatic rings. The molecule has 2 rings (SSSR count). The first-order chi connectivity index (χ1) is 9.72. The predicted octanol–water partition coefficient (Wildman–Crippen LogP) is 3.33. The average molecular weight is 269 g/mol. The largest absolute Gasteiger partial charge is 0.480 e. The Hall–Kier alpha value is -2.13. The van der Waals surface area contributed by atoms with Crippen LogP contribution in [0.25, 0.3) is 0 Å². The summed E-state index contributed by atoms with van der Waals surface area (Å²) in [5.74, 6) is -0.811. The zero-order valence-corrected chi connectivity index (χ0v) is 11.6. The van der Waals surface area contributed by atoms with Crippen molar-refractivity contribution in [3.8, 4) is 0 Å². The number of likely N-dealkylation sites (N-methyl/N-ethyl adjacent to an activating group) is 1. The number of carboxylic acids is 1. The Kier molecular flexibility index (Phi) is 4.91. The first-order valence-corrected chi connectivity index (χ1v) is 6.78. The maximum atomic E-state index is 11.6. The third-order valence-electron chi connectivity index (χ3n) is 3.35. The van der Waals surface area contributed by atoms with Gasteiger partial charge >= 0.3 is 5.97 Å².